The Kier molecular flexibility index (Phi) is 2.70. The van der Waals surface area contributed by atoms with Gasteiger partial charge in [-0.05, 0) is 12.5 Å². The Bertz CT molecular complexity index is 87.1. The summed E-state index contributed by atoms with van der Waals surface area (Å²) in [6.45, 7) is 13.0. The van der Waals surface area contributed by atoms with Crippen molar-refractivity contribution < 1.29 is 0 Å². The van der Waals surface area contributed by atoms with Crippen molar-refractivity contribution in [2.24, 2.45) is 0 Å². The minimum absolute atomic E-state index is 0.571. The van der Waals surface area contributed by atoms with E-state index in [1.54, 1.807) is 0 Å². The monoisotopic (exact) mass is 131 g/mol. The first kappa shape index (κ1) is 8.17. The van der Waals surface area contributed by atoms with Gasteiger partial charge in [0, 0.05) is 27.3 Å². The Labute approximate surface area is 53.3 Å². The number of rotatable bonds is 2. The molecule has 0 N–H and O–H groups in total. The van der Waals surface area contributed by atoms with Crippen molar-refractivity contribution in [3.8, 4) is 0 Å². The second-order valence-corrected chi connectivity index (χ2v) is 8.30. The van der Waals surface area contributed by atoms with E-state index in [1.807, 2.05) is 0 Å². The van der Waals surface area contributed by atoms with Gasteiger partial charge >= 0.3 is 0 Å². The van der Waals surface area contributed by atoms with Crippen LogP contribution in [0, 0.1) is 0 Å². The van der Waals surface area contributed by atoms with E-state index >= 15 is 0 Å². The van der Waals surface area contributed by atoms with Gasteiger partial charge in [0.2, 0.25) is 0 Å². The van der Waals surface area contributed by atoms with E-state index in [4.69, 9.17) is 0 Å². The Morgan fingerprint density at radius 2 is 1.75 bits per heavy atom. The smallest absolute Gasteiger partial charge is 0.0789 e. The molecule has 0 radical (unpaired) electrons. The highest BCUT2D eigenvalue weighted by molar-refractivity contribution is 7.73. The van der Waals surface area contributed by atoms with Gasteiger partial charge in [-0.2, -0.15) is 0 Å². The third-order valence-electron chi connectivity index (χ3n) is 0.744. The molecule has 0 aromatic carbocycles. The molecule has 0 saturated heterocycles. The van der Waals surface area contributed by atoms with E-state index in [0.29, 0.717) is 0 Å². The van der Waals surface area contributed by atoms with Crippen LogP contribution in [0.25, 0.3) is 0 Å². The van der Waals surface area contributed by atoms with Crippen molar-refractivity contribution in [1.82, 2.24) is 0 Å². The molecular weight excluding hydrogens is 115 g/mol. The van der Waals surface area contributed by atoms with Crippen molar-refractivity contribution in [2.45, 2.75) is 6.92 Å². The molecule has 0 spiro atoms. The first-order valence-electron chi connectivity index (χ1n) is 2.86. The predicted molar refractivity (Wildman–Crippen MR) is 44.4 cm³/mol. The number of hydrogen-bond acceptors (Lipinski definition) is 0. The summed E-state index contributed by atoms with van der Waals surface area (Å²) in [5.74, 6) is 0. The summed E-state index contributed by atoms with van der Waals surface area (Å²) in [6.07, 6.45) is 1.24. The molecule has 0 aromatic rings. The number of hydrogen-bond donors (Lipinski definition) is 0. The highest BCUT2D eigenvalue weighted by Crippen LogP contribution is 2.47. The first-order chi connectivity index (χ1) is 3.42. The highest BCUT2D eigenvalue weighted by Gasteiger charge is 2.15. The van der Waals surface area contributed by atoms with Crippen LogP contribution in [0.2, 0.25) is 0 Å². The molecule has 0 aliphatic heterocycles. The van der Waals surface area contributed by atoms with Crippen LogP contribution in [0.15, 0.2) is 12.2 Å². The molecule has 0 heterocycles. The second kappa shape index (κ2) is 2.64. The number of allylic oxidation sites excluding steroid dienone is 1. The normalized spacial score (nSPS) is 11.5. The van der Waals surface area contributed by atoms with Gasteiger partial charge in [0.05, 0.1) is 6.16 Å². The molecule has 1 heteroatoms. The van der Waals surface area contributed by atoms with Gasteiger partial charge in [-0.25, -0.2) is 0 Å². The van der Waals surface area contributed by atoms with E-state index < -0.39 is 7.26 Å². The SMILES string of the molecule is C=C(C)C[P+](C)(C)C. The molecule has 0 atom stereocenters. The Balaban J connectivity index is 3.55. The standard InChI is InChI=1S/C7H16P/c1-7(2)6-8(3,4)5/h1,6H2,2-5H3/q+1. The zero-order chi connectivity index (χ0) is 6.78. The van der Waals surface area contributed by atoms with Gasteiger partial charge in [0.1, 0.15) is 0 Å². The fourth-order valence-electron chi connectivity index (χ4n) is 0.810. The third-order valence-corrected chi connectivity index (χ3v) is 2.23. The van der Waals surface area contributed by atoms with Gasteiger partial charge in [-0.3, -0.25) is 0 Å². The Hall–Kier alpha value is 0.170. The highest BCUT2D eigenvalue weighted by atomic mass is 31.2. The Morgan fingerprint density at radius 1 is 1.38 bits per heavy atom. The molecule has 0 unspecified atom stereocenters. The molecule has 0 amide bonds. The van der Waals surface area contributed by atoms with Crippen LogP contribution in [0.1, 0.15) is 6.92 Å². The summed E-state index contributed by atoms with van der Waals surface area (Å²) in [6, 6.07) is 0. The summed E-state index contributed by atoms with van der Waals surface area (Å²) < 4.78 is 0. The van der Waals surface area contributed by atoms with Crippen LogP contribution < -0.4 is 0 Å². The van der Waals surface area contributed by atoms with Gasteiger partial charge in [-0.1, -0.05) is 6.58 Å². The molecule has 8 heavy (non-hydrogen) atoms. The lowest BCUT2D eigenvalue weighted by atomic mass is 10.4. The van der Waals surface area contributed by atoms with E-state index in [9.17, 15) is 0 Å². The topological polar surface area (TPSA) is 0 Å². The summed E-state index contributed by atoms with van der Waals surface area (Å²) in [4.78, 5) is 0. The van der Waals surface area contributed by atoms with Crippen LogP contribution in [0.3, 0.4) is 0 Å². The van der Waals surface area contributed by atoms with Gasteiger partial charge in [0.15, 0.2) is 0 Å². The van der Waals surface area contributed by atoms with Crippen LogP contribution in [0.4, 0.5) is 0 Å². The molecule has 0 nitrogen and oxygen atoms in total. The van der Waals surface area contributed by atoms with Gasteiger partial charge in [-0.15, -0.1) is 0 Å². The van der Waals surface area contributed by atoms with Crippen LogP contribution in [-0.4, -0.2) is 26.2 Å². The van der Waals surface area contributed by atoms with Gasteiger partial charge < -0.3 is 0 Å². The Morgan fingerprint density at radius 3 is 1.75 bits per heavy atom. The fourth-order valence-corrected chi connectivity index (χ4v) is 2.43. The summed E-state index contributed by atoms with van der Waals surface area (Å²) in [5, 5.41) is 0. The fraction of sp³-hybridized carbons (Fsp3) is 0.714. The minimum Gasteiger partial charge on any atom is -0.0965 e. The minimum atomic E-state index is -0.571. The third kappa shape index (κ3) is 6.17. The summed E-state index contributed by atoms with van der Waals surface area (Å²) in [5.41, 5.74) is 1.32. The lowest BCUT2D eigenvalue weighted by molar-refractivity contribution is 1.41. The lowest BCUT2D eigenvalue weighted by Gasteiger charge is -2.09. The van der Waals surface area contributed by atoms with Crippen molar-refractivity contribution in [1.29, 1.82) is 0 Å². The van der Waals surface area contributed by atoms with E-state index in [0.717, 1.165) is 0 Å². The molecule has 0 aliphatic carbocycles. The second-order valence-electron chi connectivity index (χ2n) is 3.41. The molecule has 0 fully saturated rings. The molecule has 0 bridgehead atoms. The molecule has 48 valence electrons. The van der Waals surface area contributed by atoms with Crippen LogP contribution in [-0.2, 0) is 0 Å². The van der Waals surface area contributed by atoms with Crippen molar-refractivity contribution >= 4 is 7.26 Å². The molecule has 0 aromatic heterocycles. The largest absolute Gasteiger partial charge is 0.0965 e. The molecular formula is C7H16P+. The summed E-state index contributed by atoms with van der Waals surface area (Å²) in [7, 11) is -0.571. The van der Waals surface area contributed by atoms with Gasteiger partial charge in [0.25, 0.3) is 0 Å². The van der Waals surface area contributed by atoms with Crippen molar-refractivity contribution in [3.63, 3.8) is 0 Å². The van der Waals surface area contributed by atoms with Crippen LogP contribution in [0.5, 0.6) is 0 Å². The van der Waals surface area contributed by atoms with E-state index in [2.05, 4.69) is 33.5 Å². The van der Waals surface area contributed by atoms with Crippen molar-refractivity contribution in [3.05, 3.63) is 12.2 Å². The van der Waals surface area contributed by atoms with Crippen LogP contribution >= 0.6 is 7.26 Å². The zero-order valence-electron chi connectivity index (χ0n) is 6.36. The zero-order valence-corrected chi connectivity index (χ0v) is 7.26. The maximum absolute atomic E-state index is 3.87. The van der Waals surface area contributed by atoms with Crippen molar-refractivity contribution in [2.75, 3.05) is 26.2 Å². The van der Waals surface area contributed by atoms with E-state index in [1.165, 1.54) is 11.7 Å². The maximum Gasteiger partial charge on any atom is 0.0789 e. The molecule has 0 aliphatic rings. The summed E-state index contributed by atoms with van der Waals surface area (Å²) >= 11 is 0. The lowest BCUT2D eigenvalue weighted by Crippen LogP contribution is -1.92. The maximum atomic E-state index is 3.87. The average molecular weight is 131 g/mol. The average Bonchev–Trinajstić information content (AvgIpc) is 1.21. The first-order valence-corrected chi connectivity index (χ1v) is 6.18. The quantitative estimate of drug-likeness (QED) is 0.399. The molecule has 0 rings (SSSR count). The predicted octanol–water partition coefficient (Wildman–Crippen LogP) is 2.47. The van der Waals surface area contributed by atoms with E-state index in [-0.39, 0.29) is 0 Å². The molecule has 0 saturated carbocycles.